The second-order valence-electron chi connectivity index (χ2n) is 7.96. The zero-order valence-electron chi connectivity index (χ0n) is 18.0. The summed E-state index contributed by atoms with van der Waals surface area (Å²) in [6, 6.07) is 20.4. The van der Waals surface area contributed by atoms with Crippen molar-refractivity contribution in [3.8, 4) is 0 Å². The number of benzene rings is 2. The first-order valence-corrected chi connectivity index (χ1v) is 11.8. The second kappa shape index (κ2) is 11.2. The largest absolute Gasteiger partial charge is 0.343 e. The Bertz CT molecular complexity index is 997. The van der Waals surface area contributed by atoms with Crippen molar-refractivity contribution in [2.75, 3.05) is 39.3 Å². The third kappa shape index (κ3) is 6.36. The molecule has 1 amide bonds. The highest BCUT2D eigenvalue weighted by Gasteiger charge is 2.22. The number of hydrogen-bond donors (Lipinski definition) is 1. The van der Waals surface area contributed by atoms with Gasteiger partial charge in [-0.3, -0.25) is 14.6 Å². The van der Waals surface area contributed by atoms with E-state index in [4.69, 9.17) is 0 Å². The van der Waals surface area contributed by atoms with Crippen molar-refractivity contribution in [1.29, 1.82) is 0 Å². The van der Waals surface area contributed by atoms with Crippen molar-refractivity contribution in [2.45, 2.75) is 6.04 Å². The van der Waals surface area contributed by atoms with Gasteiger partial charge in [0.2, 0.25) is 5.91 Å². The summed E-state index contributed by atoms with van der Waals surface area (Å²) in [6.07, 6.45) is 4.35. The van der Waals surface area contributed by atoms with Gasteiger partial charge in [0, 0.05) is 37.6 Å². The lowest BCUT2D eigenvalue weighted by atomic mass is 10.1. The van der Waals surface area contributed by atoms with Crippen molar-refractivity contribution < 1.29 is 9.18 Å². The predicted octanol–water partition coefficient (Wildman–Crippen LogP) is 4.42. The first-order chi connectivity index (χ1) is 15.7. The van der Waals surface area contributed by atoms with Gasteiger partial charge in [-0.05, 0) is 34.7 Å². The Hall–Kier alpha value is -2.80. The van der Waals surface area contributed by atoms with Gasteiger partial charge in [0.25, 0.3) is 0 Å². The van der Waals surface area contributed by atoms with E-state index in [1.807, 2.05) is 35.7 Å². The Morgan fingerprint density at radius 2 is 1.69 bits per heavy atom. The smallest absolute Gasteiger partial charge is 0.234 e. The van der Waals surface area contributed by atoms with Gasteiger partial charge in [-0.15, -0.1) is 11.3 Å². The Morgan fingerprint density at radius 3 is 2.38 bits per heavy atom. The van der Waals surface area contributed by atoms with E-state index in [2.05, 4.69) is 39.4 Å². The third-order valence-corrected chi connectivity index (χ3v) is 6.58. The standard InChI is InChI=1S/C26H28FN3OS/c27-23-12-10-22(11-13-23)26(24-9-5-19-32-24)28-25(31)20-30-17-15-29(16-18-30)14-4-8-21-6-2-1-3-7-21/h1-13,19,26H,14-18,20H2,(H,28,31). The number of thiophene rings is 1. The van der Waals surface area contributed by atoms with Gasteiger partial charge in [0.1, 0.15) is 5.82 Å². The number of hydrogen-bond acceptors (Lipinski definition) is 4. The number of piperazine rings is 1. The Balaban J connectivity index is 1.26. The van der Waals surface area contributed by atoms with Crippen LogP contribution in [0.15, 0.2) is 78.2 Å². The maximum absolute atomic E-state index is 13.4. The first kappa shape index (κ1) is 22.4. The molecule has 2 aromatic carbocycles. The molecule has 0 spiro atoms. The fraction of sp³-hybridized carbons (Fsp3) is 0.269. The highest BCUT2D eigenvalue weighted by Crippen LogP contribution is 2.26. The van der Waals surface area contributed by atoms with E-state index in [9.17, 15) is 9.18 Å². The molecule has 6 heteroatoms. The number of halogens is 1. The molecule has 1 atom stereocenters. The van der Waals surface area contributed by atoms with Crippen LogP contribution in [-0.4, -0.2) is 55.0 Å². The van der Waals surface area contributed by atoms with Crippen LogP contribution in [0.4, 0.5) is 4.39 Å². The molecule has 0 saturated carbocycles. The van der Waals surface area contributed by atoms with Crippen LogP contribution in [0.2, 0.25) is 0 Å². The van der Waals surface area contributed by atoms with E-state index in [0.717, 1.165) is 43.2 Å². The van der Waals surface area contributed by atoms with E-state index in [1.165, 1.54) is 17.7 Å². The number of nitrogens with one attached hydrogen (secondary N) is 1. The molecule has 1 N–H and O–H groups in total. The van der Waals surface area contributed by atoms with E-state index in [1.54, 1.807) is 23.5 Å². The molecule has 0 radical (unpaired) electrons. The molecule has 0 bridgehead atoms. The van der Waals surface area contributed by atoms with Crippen molar-refractivity contribution in [3.63, 3.8) is 0 Å². The van der Waals surface area contributed by atoms with Crippen LogP contribution in [0.25, 0.3) is 6.08 Å². The molecule has 1 saturated heterocycles. The SMILES string of the molecule is O=C(CN1CCN(CC=Cc2ccccc2)CC1)NC(c1ccc(F)cc1)c1cccs1. The fourth-order valence-corrected chi connectivity index (χ4v) is 4.67. The molecule has 32 heavy (non-hydrogen) atoms. The Morgan fingerprint density at radius 1 is 0.969 bits per heavy atom. The summed E-state index contributed by atoms with van der Waals surface area (Å²) in [5.41, 5.74) is 2.10. The minimum absolute atomic E-state index is 0.00912. The number of carbonyl (C=O) groups is 1. The molecular weight excluding hydrogens is 421 g/mol. The predicted molar refractivity (Wildman–Crippen MR) is 129 cm³/mol. The molecule has 2 heterocycles. The lowest BCUT2D eigenvalue weighted by Gasteiger charge is -2.34. The van der Waals surface area contributed by atoms with Crippen molar-refractivity contribution >= 4 is 23.3 Å². The normalized spacial score (nSPS) is 16.3. The zero-order valence-corrected chi connectivity index (χ0v) is 18.8. The van der Waals surface area contributed by atoms with Crippen LogP contribution < -0.4 is 5.32 Å². The molecule has 0 aliphatic carbocycles. The monoisotopic (exact) mass is 449 g/mol. The van der Waals surface area contributed by atoms with Gasteiger partial charge < -0.3 is 5.32 Å². The molecule has 4 nitrogen and oxygen atoms in total. The van der Waals surface area contributed by atoms with Crippen molar-refractivity contribution in [1.82, 2.24) is 15.1 Å². The van der Waals surface area contributed by atoms with Gasteiger partial charge in [0.05, 0.1) is 12.6 Å². The maximum atomic E-state index is 13.4. The van der Waals surface area contributed by atoms with Gasteiger partial charge in [-0.1, -0.05) is 60.7 Å². The third-order valence-electron chi connectivity index (χ3n) is 5.64. The topological polar surface area (TPSA) is 35.6 Å². The summed E-state index contributed by atoms with van der Waals surface area (Å²) in [5, 5.41) is 5.14. The van der Waals surface area contributed by atoms with Crippen LogP contribution in [0.5, 0.6) is 0 Å². The quantitative estimate of drug-likeness (QED) is 0.553. The summed E-state index contributed by atoms with van der Waals surface area (Å²) in [5.74, 6) is -0.286. The average molecular weight is 450 g/mol. The maximum Gasteiger partial charge on any atom is 0.234 e. The van der Waals surface area contributed by atoms with Crippen LogP contribution in [-0.2, 0) is 4.79 Å². The van der Waals surface area contributed by atoms with E-state index in [-0.39, 0.29) is 17.8 Å². The van der Waals surface area contributed by atoms with E-state index in [0.29, 0.717) is 6.54 Å². The molecule has 1 aromatic heterocycles. The van der Waals surface area contributed by atoms with Crippen LogP contribution >= 0.6 is 11.3 Å². The summed E-state index contributed by atoms with van der Waals surface area (Å²) < 4.78 is 13.4. The van der Waals surface area contributed by atoms with E-state index >= 15 is 0 Å². The first-order valence-electron chi connectivity index (χ1n) is 10.9. The van der Waals surface area contributed by atoms with Crippen molar-refractivity contribution in [2.24, 2.45) is 0 Å². The Labute approximate surface area is 193 Å². The minimum Gasteiger partial charge on any atom is -0.343 e. The number of carbonyl (C=O) groups excluding carboxylic acids is 1. The molecule has 1 unspecified atom stereocenters. The zero-order chi connectivity index (χ0) is 22.2. The fourth-order valence-electron chi connectivity index (χ4n) is 3.87. The highest BCUT2D eigenvalue weighted by molar-refractivity contribution is 7.10. The number of amides is 1. The average Bonchev–Trinajstić information content (AvgIpc) is 3.35. The molecule has 3 aromatic rings. The van der Waals surface area contributed by atoms with Gasteiger partial charge >= 0.3 is 0 Å². The van der Waals surface area contributed by atoms with Gasteiger partial charge in [0.15, 0.2) is 0 Å². The Kier molecular flexibility index (Phi) is 7.82. The number of rotatable bonds is 8. The molecule has 4 rings (SSSR count). The molecule has 166 valence electrons. The second-order valence-corrected chi connectivity index (χ2v) is 8.94. The van der Waals surface area contributed by atoms with Gasteiger partial charge in [-0.2, -0.15) is 0 Å². The van der Waals surface area contributed by atoms with Crippen LogP contribution in [0.1, 0.15) is 22.0 Å². The highest BCUT2D eigenvalue weighted by atomic mass is 32.1. The summed E-state index contributed by atoms with van der Waals surface area (Å²) >= 11 is 1.59. The molecule has 1 fully saturated rings. The summed E-state index contributed by atoms with van der Waals surface area (Å²) in [6.45, 7) is 4.91. The summed E-state index contributed by atoms with van der Waals surface area (Å²) in [4.78, 5) is 18.5. The van der Waals surface area contributed by atoms with Crippen molar-refractivity contribution in [3.05, 3.63) is 100 Å². The van der Waals surface area contributed by atoms with E-state index < -0.39 is 0 Å². The lowest BCUT2D eigenvalue weighted by molar-refractivity contribution is -0.123. The molecular formula is C26H28FN3OS. The summed E-state index contributed by atoms with van der Waals surface area (Å²) in [7, 11) is 0. The molecule has 1 aliphatic rings. The van der Waals surface area contributed by atoms with Crippen LogP contribution in [0, 0.1) is 5.82 Å². The molecule has 1 aliphatic heterocycles. The lowest BCUT2D eigenvalue weighted by Crippen LogP contribution is -2.49. The minimum atomic E-state index is -0.276. The van der Waals surface area contributed by atoms with Crippen LogP contribution in [0.3, 0.4) is 0 Å². The van der Waals surface area contributed by atoms with Gasteiger partial charge in [-0.25, -0.2) is 4.39 Å². The number of nitrogens with zero attached hydrogens (tertiary/aromatic N) is 2.